The van der Waals surface area contributed by atoms with Gasteiger partial charge in [0.15, 0.2) is 11.4 Å². The molecule has 0 aliphatic rings. The van der Waals surface area contributed by atoms with Gasteiger partial charge in [0.25, 0.3) is 0 Å². The molecule has 0 amide bonds. The van der Waals surface area contributed by atoms with E-state index in [4.69, 9.17) is 0 Å². The summed E-state index contributed by atoms with van der Waals surface area (Å²) in [6.45, 7) is 6.00. The van der Waals surface area contributed by atoms with E-state index in [-0.39, 0.29) is 0 Å². The van der Waals surface area contributed by atoms with Crippen molar-refractivity contribution in [2.75, 3.05) is 0 Å². The number of carboxylic acid groups (broad SMARTS) is 1. The summed E-state index contributed by atoms with van der Waals surface area (Å²) in [5.41, 5.74) is 4.26. The third-order valence-electron chi connectivity index (χ3n) is 2.95. The van der Waals surface area contributed by atoms with Crippen molar-refractivity contribution in [2.24, 2.45) is 0 Å². The molecule has 8 heteroatoms. The van der Waals surface area contributed by atoms with Crippen molar-refractivity contribution in [1.82, 2.24) is 0 Å². The van der Waals surface area contributed by atoms with Crippen molar-refractivity contribution < 1.29 is 31.7 Å². The number of aromatic carboxylic acids is 1. The van der Waals surface area contributed by atoms with Gasteiger partial charge in [0.1, 0.15) is 5.56 Å². The van der Waals surface area contributed by atoms with Crippen LogP contribution in [-0.2, 0) is 0 Å². The first-order valence-electron chi connectivity index (χ1n) is 6.70. The molecular formula is C15H16BF4NO2. The van der Waals surface area contributed by atoms with Gasteiger partial charge in [0, 0.05) is 32.0 Å². The summed E-state index contributed by atoms with van der Waals surface area (Å²) in [4.78, 5) is 11.3. The van der Waals surface area contributed by atoms with E-state index < -0.39 is 13.2 Å². The second-order valence-electron chi connectivity index (χ2n) is 4.97. The van der Waals surface area contributed by atoms with Crippen molar-refractivity contribution in [3.8, 4) is 5.69 Å². The molecule has 0 aliphatic heterocycles. The molecule has 0 atom stereocenters. The maximum atomic E-state index is 11.3. The van der Waals surface area contributed by atoms with Gasteiger partial charge >= 0.3 is 13.2 Å². The van der Waals surface area contributed by atoms with Gasteiger partial charge in [-0.05, 0) is 18.6 Å². The summed E-state index contributed by atoms with van der Waals surface area (Å²) in [5, 5.41) is 9.25. The number of nitrogens with zero attached hydrogens (tertiary/aromatic N) is 1. The summed E-state index contributed by atoms with van der Waals surface area (Å²) in [5.74, 6) is -0.905. The second kappa shape index (κ2) is 7.26. The molecule has 1 aromatic carbocycles. The largest absolute Gasteiger partial charge is 0.673 e. The number of pyridine rings is 1. The molecule has 0 unspecified atom stereocenters. The van der Waals surface area contributed by atoms with Crippen LogP contribution in [0, 0.1) is 20.8 Å². The molecule has 0 radical (unpaired) electrons. The van der Waals surface area contributed by atoms with E-state index in [0.29, 0.717) is 11.3 Å². The van der Waals surface area contributed by atoms with Crippen LogP contribution in [0.4, 0.5) is 17.3 Å². The first-order chi connectivity index (χ1) is 10.5. The summed E-state index contributed by atoms with van der Waals surface area (Å²) < 4.78 is 41.0. The van der Waals surface area contributed by atoms with E-state index in [1.807, 2.05) is 49.6 Å². The summed E-state index contributed by atoms with van der Waals surface area (Å²) in [6.07, 6.45) is 0. The number of carbonyl (C=O) groups is 1. The standard InChI is InChI=1S/C15H15NO2.BF4/c1-10-8-11(2)16(12(3)9-10)14-7-5-4-6-13(14)15(17)18;2-1(3,4)5/h4-9H,1-3H3;/q;-1/p+1. The number of carboxylic acids is 1. The summed E-state index contributed by atoms with van der Waals surface area (Å²) >= 11 is 0. The zero-order valence-corrected chi connectivity index (χ0v) is 12.9. The zero-order chi connectivity index (χ0) is 17.8. The topological polar surface area (TPSA) is 41.2 Å². The molecule has 0 saturated carbocycles. The quantitative estimate of drug-likeness (QED) is 0.516. The molecule has 1 N–H and O–H groups in total. The number of para-hydroxylation sites is 1. The number of aryl methyl sites for hydroxylation is 3. The van der Waals surface area contributed by atoms with Crippen molar-refractivity contribution in [3.05, 3.63) is 58.9 Å². The van der Waals surface area contributed by atoms with E-state index in [2.05, 4.69) is 0 Å². The van der Waals surface area contributed by atoms with Gasteiger partial charge in [-0.3, -0.25) is 0 Å². The van der Waals surface area contributed by atoms with Crippen LogP contribution in [0.5, 0.6) is 0 Å². The molecule has 3 nitrogen and oxygen atoms in total. The van der Waals surface area contributed by atoms with Crippen LogP contribution in [0.1, 0.15) is 27.3 Å². The maximum absolute atomic E-state index is 11.3. The molecule has 0 bridgehead atoms. The molecule has 2 rings (SSSR count). The van der Waals surface area contributed by atoms with Crippen molar-refractivity contribution >= 4 is 13.2 Å². The Morgan fingerprint density at radius 3 is 1.87 bits per heavy atom. The van der Waals surface area contributed by atoms with Crippen LogP contribution < -0.4 is 4.57 Å². The van der Waals surface area contributed by atoms with Crippen LogP contribution in [0.15, 0.2) is 36.4 Å². The number of aromatic nitrogens is 1. The fraction of sp³-hybridized carbons (Fsp3) is 0.200. The Hall–Kier alpha value is -2.38. The molecular weight excluding hydrogens is 313 g/mol. The maximum Gasteiger partial charge on any atom is 0.673 e. The normalized spacial score (nSPS) is 10.7. The summed E-state index contributed by atoms with van der Waals surface area (Å²) in [7, 11) is -6.00. The minimum atomic E-state index is -6.00. The third kappa shape index (κ3) is 5.73. The van der Waals surface area contributed by atoms with Gasteiger partial charge in [0.05, 0.1) is 0 Å². The van der Waals surface area contributed by atoms with Crippen molar-refractivity contribution in [3.63, 3.8) is 0 Å². The van der Waals surface area contributed by atoms with E-state index in [1.165, 1.54) is 5.56 Å². The highest BCUT2D eigenvalue weighted by Gasteiger charge is 2.22. The number of hydrogen-bond acceptors (Lipinski definition) is 1. The minimum Gasteiger partial charge on any atom is -0.477 e. The fourth-order valence-corrected chi connectivity index (χ4v) is 2.34. The average molecular weight is 329 g/mol. The van der Waals surface area contributed by atoms with Crippen molar-refractivity contribution in [1.29, 1.82) is 0 Å². The Morgan fingerprint density at radius 1 is 1.00 bits per heavy atom. The molecule has 0 fully saturated rings. The molecule has 124 valence electrons. The van der Waals surface area contributed by atoms with E-state index in [9.17, 15) is 27.2 Å². The Bertz CT molecular complexity index is 688. The second-order valence-corrected chi connectivity index (χ2v) is 4.97. The monoisotopic (exact) mass is 329 g/mol. The first kappa shape index (κ1) is 18.7. The Kier molecular flexibility index (Phi) is 5.89. The highest BCUT2D eigenvalue weighted by atomic mass is 19.5. The van der Waals surface area contributed by atoms with E-state index in [1.54, 1.807) is 12.1 Å². The number of hydrogen-bond donors (Lipinski definition) is 1. The lowest BCUT2D eigenvalue weighted by molar-refractivity contribution is -0.609. The lowest BCUT2D eigenvalue weighted by Gasteiger charge is -2.06. The van der Waals surface area contributed by atoms with Crippen LogP contribution in [0.25, 0.3) is 5.69 Å². The lowest BCUT2D eigenvalue weighted by Crippen LogP contribution is -2.39. The lowest BCUT2D eigenvalue weighted by atomic mass is 10.1. The van der Waals surface area contributed by atoms with Crippen LogP contribution in [0.2, 0.25) is 0 Å². The van der Waals surface area contributed by atoms with Gasteiger partial charge in [-0.1, -0.05) is 12.1 Å². The van der Waals surface area contributed by atoms with Crippen LogP contribution in [0.3, 0.4) is 0 Å². The molecule has 0 saturated heterocycles. The Labute approximate surface area is 131 Å². The molecule has 0 aliphatic carbocycles. The summed E-state index contributed by atoms with van der Waals surface area (Å²) in [6, 6.07) is 11.2. The predicted octanol–water partition coefficient (Wildman–Crippen LogP) is 3.89. The fourth-order valence-electron chi connectivity index (χ4n) is 2.34. The SMILES string of the molecule is Cc1cc(C)[n+](-c2ccccc2C(=O)O)c(C)c1.F[B-](F)(F)F. The zero-order valence-electron chi connectivity index (χ0n) is 12.9. The molecule has 0 spiro atoms. The van der Waals surface area contributed by atoms with Gasteiger partial charge in [-0.25, -0.2) is 4.79 Å². The van der Waals surface area contributed by atoms with Crippen molar-refractivity contribution in [2.45, 2.75) is 20.8 Å². The minimum absolute atomic E-state index is 0.317. The Balaban J connectivity index is 0.000000463. The van der Waals surface area contributed by atoms with Gasteiger partial charge in [-0.2, -0.15) is 4.57 Å². The first-order valence-corrected chi connectivity index (χ1v) is 6.70. The average Bonchev–Trinajstić information content (AvgIpc) is 2.35. The smallest absolute Gasteiger partial charge is 0.477 e. The molecule has 1 aromatic heterocycles. The molecule has 23 heavy (non-hydrogen) atoms. The van der Waals surface area contributed by atoms with Gasteiger partial charge < -0.3 is 22.4 Å². The highest BCUT2D eigenvalue weighted by molar-refractivity contribution is 6.50. The number of rotatable bonds is 2. The van der Waals surface area contributed by atoms with E-state index >= 15 is 0 Å². The Morgan fingerprint density at radius 2 is 1.43 bits per heavy atom. The van der Waals surface area contributed by atoms with Gasteiger partial charge in [-0.15, -0.1) is 0 Å². The van der Waals surface area contributed by atoms with Crippen LogP contribution >= 0.6 is 0 Å². The highest BCUT2D eigenvalue weighted by Crippen LogP contribution is 2.12. The van der Waals surface area contributed by atoms with Crippen LogP contribution in [-0.4, -0.2) is 18.3 Å². The number of halogens is 4. The predicted molar refractivity (Wildman–Crippen MR) is 79.3 cm³/mol. The molecule has 2 aromatic rings. The van der Waals surface area contributed by atoms with E-state index in [0.717, 1.165) is 11.4 Å². The number of benzene rings is 1. The van der Waals surface area contributed by atoms with Gasteiger partial charge in [0.2, 0.25) is 5.69 Å². The third-order valence-corrected chi connectivity index (χ3v) is 2.95. The molecule has 1 heterocycles.